The summed E-state index contributed by atoms with van der Waals surface area (Å²) in [5, 5.41) is 0.105. The highest BCUT2D eigenvalue weighted by Gasteiger charge is 2.22. The van der Waals surface area contributed by atoms with E-state index in [1.54, 1.807) is 20.8 Å². The fraction of sp³-hybridized carbons (Fsp3) is 0.385. The van der Waals surface area contributed by atoms with Crippen LogP contribution in [0, 0.1) is 0 Å². The minimum absolute atomic E-state index is 0.0420. The zero-order valence-corrected chi connectivity index (χ0v) is 12.5. The molecule has 21 heavy (non-hydrogen) atoms. The van der Waals surface area contributed by atoms with Gasteiger partial charge in [0.2, 0.25) is 0 Å². The number of rotatable bonds is 2. The van der Waals surface area contributed by atoms with Crippen LogP contribution < -0.4 is 4.74 Å². The second-order valence-electron chi connectivity index (χ2n) is 5.26. The van der Waals surface area contributed by atoms with Gasteiger partial charge in [-0.1, -0.05) is 0 Å². The fourth-order valence-electron chi connectivity index (χ4n) is 1.71. The molecule has 0 saturated carbocycles. The van der Waals surface area contributed by atoms with Crippen molar-refractivity contribution in [3.05, 3.63) is 18.2 Å². The minimum atomic E-state index is -2.93. The van der Waals surface area contributed by atoms with Gasteiger partial charge in [0, 0.05) is 6.07 Å². The molecular formula is C13H14F2N2O3S. The van der Waals surface area contributed by atoms with Crippen LogP contribution in [0.2, 0.25) is 0 Å². The van der Waals surface area contributed by atoms with Crippen molar-refractivity contribution in [3.63, 3.8) is 0 Å². The monoisotopic (exact) mass is 316 g/mol. The third kappa shape index (κ3) is 3.63. The van der Waals surface area contributed by atoms with E-state index in [0.717, 1.165) is 4.57 Å². The number of aromatic nitrogens is 2. The molecule has 1 heterocycles. The number of nitrogens with zero attached hydrogens (tertiary/aromatic N) is 2. The van der Waals surface area contributed by atoms with Crippen LogP contribution in [-0.4, -0.2) is 27.9 Å². The van der Waals surface area contributed by atoms with Crippen LogP contribution in [0.25, 0.3) is 11.0 Å². The Morgan fingerprint density at radius 3 is 2.62 bits per heavy atom. The van der Waals surface area contributed by atoms with Crippen molar-refractivity contribution >= 4 is 29.8 Å². The van der Waals surface area contributed by atoms with Crippen LogP contribution >= 0.6 is 12.6 Å². The summed E-state index contributed by atoms with van der Waals surface area (Å²) in [4.78, 5) is 16.2. The molecule has 0 bridgehead atoms. The van der Waals surface area contributed by atoms with E-state index in [0.29, 0.717) is 11.0 Å². The third-order valence-corrected chi connectivity index (χ3v) is 2.71. The Labute approximate surface area is 125 Å². The predicted molar refractivity (Wildman–Crippen MR) is 75.2 cm³/mol. The normalized spacial score (nSPS) is 12.0. The average Bonchev–Trinajstić information content (AvgIpc) is 2.60. The van der Waals surface area contributed by atoms with Crippen LogP contribution in [0.5, 0.6) is 5.75 Å². The molecule has 0 amide bonds. The average molecular weight is 316 g/mol. The van der Waals surface area contributed by atoms with E-state index in [1.165, 1.54) is 18.2 Å². The summed E-state index contributed by atoms with van der Waals surface area (Å²) in [5.74, 6) is -0.0420. The number of alkyl halides is 2. The number of carbonyl (C=O) groups excluding carboxylic acids is 1. The van der Waals surface area contributed by atoms with Crippen molar-refractivity contribution in [3.8, 4) is 5.75 Å². The molecule has 8 heteroatoms. The molecule has 0 radical (unpaired) electrons. The molecule has 0 aliphatic heterocycles. The third-order valence-electron chi connectivity index (χ3n) is 2.41. The van der Waals surface area contributed by atoms with E-state index in [9.17, 15) is 13.6 Å². The molecule has 0 spiro atoms. The first kappa shape index (κ1) is 15.6. The Kier molecular flexibility index (Phi) is 4.08. The largest absolute Gasteiger partial charge is 0.443 e. The molecule has 0 atom stereocenters. The zero-order chi connectivity index (χ0) is 15.8. The topological polar surface area (TPSA) is 53.4 Å². The first-order valence-corrected chi connectivity index (χ1v) is 6.52. The number of benzene rings is 1. The standard InChI is InChI=1S/C13H14F2N2O3S/c1-13(2,3)20-12(18)17-9-5-4-7(19-10(14)15)6-8(9)16-11(17)21/h4-6,10H,1-3H3,(H,16,21). The van der Waals surface area contributed by atoms with Gasteiger partial charge in [0.15, 0.2) is 5.16 Å². The van der Waals surface area contributed by atoms with Crippen LogP contribution in [-0.2, 0) is 4.74 Å². The number of hydrogen-bond donors (Lipinski definition) is 1. The first-order valence-electron chi connectivity index (χ1n) is 6.07. The Morgan fingerprint density at radius 1 is 1.38 bits per heavy atom. The van der Waals surface area contributed by atoms with Gasteiger partial charge in [-0.05, 0) is 32.9 Å². The van der Waals surface area contributed by atoms with Crippen molar-refractivity contribution in [1.82, 2.24) is 9.55 Å². The van der Waals surface area contributed by atoms with E-state index >= 15 is 0 Å². The minimum Gasteiger partial charge on any atom is -0.443 e. The van der Waals surface area contributed by atoms with E-state index in [4.69, 9.17) is 4.74 Å². The number of imidazole rings is 1. The molecule has 1 aromatic heterocycles. The Hall–Kier alpha value is -1.83. The summed E-state index contributed by atoms with van der Waals surface area (Å²) in [6.07, 6.45) is -0.641. The highest BCUT2D eigenvalue weighted by atomic mass is 32.1. The lowest BCUT2D eigenvalue weighted by Crippen LogP contribution is -2.27. The summed E-state index contributed by atoms with van der Waals surface area (Å²) < 4.78 is 35.1. The highest BCUT2D eigenvalue weighted by Crippen LogP contribution is 2.25. The molecule has 114 valence electrons. The maximum atomic E-state index is 12.2. The Balaban J connectivity index is 2.41. The molecule has 0 aliphatic carbocycles. The van der Waals surface area contributed by atoms with Gasteiger partial charge in [-0.15, -0.1) is 12.6 Å². The first-order chi connectivity index (χ1) is 9.67. The van der Waals surface area contributed by atoms with Gasteiger partial charge in [0.25, 0.3) is 0 Å². The number of halogens is 2. The van der Waals surface area contributed by atoms with Gasteiger partial charge in [-0.25, -0.2) is 14.3 Å². The summed E-state index contributed by atoms with van der Waals surface area (Å²) in [6.45, 7) is 2.27. The SMILES string of the molecule is CC(C)(C)OC(=O)n1c(S)nc2cc(OC(F)F)ccc21. The van der Waals surface area contributed by atoms with Crippen molar-refractivity contribution in [1.29, 1.82) is 0 Å². The molecule has 0 aliphatic rings. The molecule has 0 unspecified atom stereocenters. The van der Waals surface area contributed by atoms with E-state index in [-0.39, 0.29) is 10.9 Å². The van der Waals surface area contributed by atoms with Crippen molar-refractivity contribution in [2.45, 2.75) is 38.1 Å². The molecule has 0 N–H and O–H groups in total. The van der Waals surface area contributed by atoms with Crippen molar-refractivity contribution in [2.75, 3.05) is 0 Å². The van der Waals surface area contributed by atoms with Gasteiger partial charge in [0.05, 0.1) is 11.0 Å². The maximum absolute atomic E-state index is 12.2. The summed E-state index contributed by atoms with van der Waals surface area (Å²) in [7, 11) is 0. The van der Waals surface area contributed by atoms with E-state index in [1.807, 2.05) is 0 Å². The number of ether oxygens (including phenoxy) is 2. The highest BCUT2D eigenvalue weighted by molar-refractivity contribution is 7.80. The van der Waals surface area contributed by atoms with Gasteiger partial charge < -0.3 is 9.47 Å². The summed E-state index contributed by atoms with van der Waals surface area (Å²) >= 11 is 4.11. The van der Waals surface area contributed by atoms with Gasteiger partial charge in [0.1, 0.15) is 11.4 Å². The molecule has 1 aromatic carbocycles. The number of hydrogen-bond acceptors (Lipinski definition) is 5. The summed E-state index contributed by atoms with van der Waals surface area (Å²) in [5.41, 5.74) is 0.0342. The number of carbonyl (C=O) groups is 1. The Bertz CT molecular complexity index is 680. The molecular weight excluding hydrogens is 302 g/mol. The van der Waals surface area contributed by atoms with Crippen LogP contribution in [0.3, 0.4) is 0 Å². The smallest absolute Gasteiger partial charge is 0.421 e. The lowest BCUT2D eigenvalue weighted by molar-refractivity contribution is -0.0497. The van der Waals surface area contributed by atoms with E-state index < -0.39 is 18.3 Å². The summed E-state index contributed by atoms with van der Waals surface area (Å²) in [6, 6.07) is 4.08. The van der Waals surface area contributed by atoms with E-state index in [2.05, 4.69) is 22.3 Å². The maximum Gasteiger partial charge on any atom is 0.421 e. The lowest BCUT2D eigenvalue weighted by Gasteiger charge is -2.19. The van der Waals surface area contributed by atoms with Crippen LogP contribution in [0.1, 0.15) is 20.8 Å². The van der Waals surface area contributed by atoms with Gasteiger partial charge in [-0.3, -0.25) is 0 Å². The zero-order valence-electron chi connectivity index (χ0n) is 11.6. The molecule has 2 aromatic rings. The van der Waals surface area contributed by atoms with Crippen LogP contribution in [0.15, 0.2) is 23.4 Å². The van der Waals surface area contributed by atoms with Crippen molar-refractivity contribution < 1.29 is 23.0 Å². The second-order valence-corrected chi connectivity index (χ2v) is 5.66. The molecule has 5 nitrogen and oxygen atoms in total. The number of thiol groups is 1. The fourth-order valence-corrected chi connectivity index (χ4v) is 2.01. The lowest BCUT2D eigenvalue weighted by atomic mass is 10.2. The predicted octanol–water partition coefficient (Wildman–Crippen LogP) is 3.71. The molecule has 0 fully saturated rings. The Morgan fingerprint density at radius 2 is 2.05 bits per heavy atom. The second kappa shape index (κ2) is 5.51. The van der Waals surface area contributed by atoms with Crippen LogP contribution in [0.4, 0.5) is 13.6 Å². The van der Waals surface area contributed by atoms with Gasteiger partial charge in [-0.2, -0.15) is 8.78 Å². The molecule has 2 rings (SSSR count). The van der Waals surface area contributed by atoms with Gasteiger partial charge >= 0.3 is 12.7 Å². The number of fused-ring (bicyclic) bond motifs is 1. The van der Waals surface area contributed by atoms with Crippen molar-refractivity contribution in [2.24, 2.45) is 0 Å². The quantitative estimate of drug-likeness (QED) is 0.858. The molecule has 0 saturated heterocycles.